The van der Waals surface area contributed by atoms with Crippen molar-refractivity contribution in [2.24, 2.45) is 0 Å². The van der Waals surface area contributed by atoms with Gasteiger partial charge in [-0.2, -0.15) is 5.10 Å². The van der Waals surface area contributed by atoms with Crippen molar-refractivity contribution in [1.82, 2.24) is 9.78 Å². The van der Waals surface area contributed by atoms with E-state index < -0.39 is 0 Å². The quantitative estimate of drug-likeness (QED) is 0.711. The van der Waals surface area contributed by atoms with E-state index in [1.807, 2.05) is 6.07 Å². The van der Waals surface area contributed by atoms with Crippen molar-refractivity contribution in [2.75, 3.05) is 7.11 Å². The van der Waals surface area contributed by atoms with Crippen LogP contribution in [0, 0.1) is 5.82 Å². The van der Waals surface area contributed by atoms with E-state index in [2.05, 4.69) is 5.10 Å². The van der Waals surface area contributed by atoms with Crippen molar-refractivity contribution in [3.8, 4) is 11.4 Å². The zero-order valence-electron chi connectivity index (χ0n) is 10.1. The molecule has 5 heteroatoms. The van der Waals surface area contributed by atoms with E-state index in [0.717, 1.165) is 16.6 Å². The van der Waals surface area contributed by atoms with Gasteiger partial charge in [0.1, 0.15) is 11.6 Å². The molecule has 0 N–H and O–H groups in total. The second-order valence-electron chi connectivity index (χ2n) is 4.08. The number of hydrogen-bond acceptors (Lipinski definition) is 2. The lowest BCUT2D eigenvalue weighted by atomic mass is 10.2. The Morgan fingerprint density at radius 3 is 2.63 bits per heavy atom. The van der Waals surface area contributed by atoms with Gasteiger partial charge in [-0.3, -0.25) is 0 Å². The molecular weight excluding hydrogens is 267 g/mol. The van der Waals surface area contributed by atoms with E-state index >= 15 is 0 Å². The first kappa shape index (κ1) is 12.0. The molecule has 2 aromatic carbocycles. The lowest BCUT2D eigenvalue weighted by Gasteiger charge is -2.06. The molecule has 0 aliphatic carbocycles. The van der Waals surface area contributed by atoms with Crippen LogP contribution in [0.25, 0.3) is 16.6 Å². The summed E-state index contributed by atoms with van der Waals surface area (Å²) in [7, 11) is 1.57. The SMILES string of the molecule is COc1cc2cnn(-c3ccc(F)cc3)c2cc1Cl. The fourth-order valence-corrected chi connectivity index (χ4v) is 2.21. The summed E-state index contributed by atoms with van der Waals surface area (Å²) in [6.45, 7) is 0. The first-order chi connectivity index (χ1) is 9.19. The lowest BCUT2D eigenvalue weighted by Crippen LogP contribution is -1.96. The molecule has 0 atom stereocenters. The smallest absolute Gasteiger partial charge is 0.138 e. The predicted molar refractivity (Wildman–Crippen MR) is 72.6 cm³/mol. The van der Waals surface area contributed by atoms with Crippen molar-refractivity contribution in [2.45, 2.75) is 0 Å². The maximum Gasteiger partial charge on any atom is 0.138 e. The third kappa shape index (κ3) is 2.04. The van der Waals surface area contributed by atoms with Gasteiger partial charge in [0.25, 0.3) is 0 Å². The van der Waals surface area contributed by atoms with E-state index in [4.69, 9.17) is 16.3 Å². The first-order valence-corrected chi connectivity index (χ1v) is 6.04. The Kier molecular flexibility index (Phi) is 2.87. The maximum atomic E-state index is 12.9. The van der Waals surface area contributed by atoms with Crippen LogP contribution in [0.2, 0.25) is 5.02 Å². The van der Waals surface area contributed by atoms with Gasteiger partial charge < -0.3 is 4.74 Å². The zero-order chi connectivity index (χ0) is 13.4. The molecule has 3 rings (SSSR count). The van der Waals surface area contributed by atoms with Crippen LogP contribution in [0.4, 0.5) is 4.39 Å². The van der Waals surface area contributed by atoms with Gasteiger partial charge in [-0.1, -0.05) is 11.6 Å². The second kappa shape index (κ2) is 4.55. The van der Waals surface area contributed by atoms with Gasteiger partial charge in [0.2, 0.25) is 0 Å². The molecule has 0 amide bonds. The predicted octanol–water partition coefficient (Wildman–Crippen LogP) is 3.83. The fourth-order valence-electron chi connectivity index (χ4n) is 1.97. The summed E-state index contributed by atoms with van der Waals surface area (Å²) in [5, 5.41) is 5.71. The van der Waals surface area contributed by atoms with Crippen molar-refractivity contribution in [3.63, 3.8) is 0 Å². The first-order valence-electron chi connectivity index (χ1n) is 5.66. The van der Waals surface area contributed by atoms with Gasteiger partial charge in [0.15, 0.2) is 0 Å². The topological polar surface area (TPSA) is 27.1 Å². The average Bonchev–Trinajstić information content (AvgIpc) is 2.81. The van der Waals surface area contributed by atoms with Gasteiger partial charge in [-0.15, -0.1) is 0 Å². The minimum absolute atomic E-state index is 0.278. The van der Waals surface area contributed by atoms with Crippen molar-refractivity contribution in [3.05, 3.63) is 53.4 Å². The molecule has 19 heavy (non-hydrogen) atoms. The Balaban J connectivity index is 2.20. The Hall–Kier alpha value is -2.07. The van der Waals surface area contributed by atoms with Gasteiger partial charge in [0, 0.05) is 5.39 Å². The number of ether oxygens (including phenoxy) is 1. The van der Waals surface area contributed by atoms with E-state index in [1.165, 1.54) is 12.1 Å². The molecule has 0 saturated carbocycles. The molecule has 0 fully saturated rings. The Morgan fingerprint density at radius 1 is 1.21 bits per heavy atom. The summed E-state index contributed by atoms with van der Waals surface area (Å²) in [5.74, 6) is 0.327. The van der Waals surface area contributed by atoms with E-state index in [-0.39, 0.29) is 5.82 Å². The number of hydrogen-bond donors (Lipinski definition) is 0. The van der Waals surface area contributed by atoms with Crippen molar-refractivity contribution in [1.29, 1.82) is 0 Å². The Bertz CT molecular complexity index is 737. The molecule has 0 saturated heterocycles. The zero-order valence-corrected chi connectivity index (χ0v) is 10.9. The highest BCUT2D eigenvalue weighted by atomic mass is 35.5. The number of rotatable bonds is 2. The minimum atomic E-state index is -0.278. The third-order valence-corrected chi connectivity index (χ3v) is 3.21. The van der Waals surface area contributed by atoms with E-state index in [0.29, 0.717) is 10.8 Å². The van der Waals surface area contributed by atoms with Gasteiger partial charge >= 0.3 is 0 Å². The number of methoxy groups -OCH3 is 1. The highest BCUT2D eigenvalue weighted by molar-refractivity contribution is 6.32. The molecule has 0 aliphatic heterocycles. The number of fused-ring (bicyclic) bond motifs is 1. The average molecular weight is 277 g/mol. The molecular formula is C14H10ClFN2O. The second-order valence-corrected chi connectivity index (χ2v) is 4.49. The minimum Gasteiger partial charge on any atom is -0.495 e. The normalized spacial score (nSPS) is 10.9. The molecule has 0 unspecified atom stereocenters. The van der Waals surface area contributed by atoms with Crippen LogP contribution in [0.3, 0.4) is 0 Å². The molecule has 0 radical (unpaired) electrons. The van der Waals surface area contributed by atoms with Crippen LogP contribution < -0.4 is 4.74 Å². The summed E-state index contributed by atoms with van der Waals surface area (Å²) in [6.07, 6.45) is 1.72. The van der Waals surface area contributed by atoms with Crippen LogP contribution in [0.15, 0.2) is 42.6 Å². The number of nitrogens with zero attached hydrogens (tertiary/aromatic N) is 2. The molecule has 0 aliphatic rings. The molecule has 1 aromatic heterocycles. The molecule has 3 aromatic rings. The summed E-state index contributed by atoms with van der Waals surface area (Å²) in [6, 6.07) is 9.73. The number of benzene rings is 2. The lowest BCUT2D eigenvalue weighted by molar-refractivity contribution is 0.415. The number of halogens is 2. The van der Waals surface area contributed by atoms with Crippen LogP contribution in [-0.2, 0) is 0 Å². The summed E-state index contributed by atoms with van der Waals surface area (Å²) in [4.78, 5) is 0. The maximum absolute atomic E-state index is 12.9. The molecule has 0 bridgehead atoms. The molecule has 0 spiro atoms. The third-order valence-electron chi connectivity index (χ3n) is 2.91. The summed E-state index contributed by atoms with van der Waals surface area (Å²) in [5.41, 5.74) is 1.62. The molecule has 96 valence electrons. The standard InChI is InChI=1S/C14H10ClFN2O/c1-19-14-6-9-8-17-18(13(9)7-12(14)15)11-4-2-10(16)3-5-11/h2-8H,1H3. The Morgan fingerprint density at radius 2 is 1.95 bits per heavy atom. The van der Waals surface area contributed by atoms with Crippen molar-refractivity contribution >= 4 is 22.5 Å². The van der Waals surface area contributed by atoms with E-state index in [9.17, 15) is 4.39 Å². The van der Waals surface area contributed by atoms with Gasteiger partial charge in [-0.05, 0) is 36.4 Å². The molecule has 3 nitrogen and oxygen atoms in total. The van der Waals surface area contributed by atoms with Crippen LogP contribution in [0.1, 0.15) is 0 Å². The van der Waals surface area contributed by atoms with Crippen molar-refractivity contribution < 1.29 is 9.13 Å². The largest absolute Gasteiger partial charge is 0.495 e. The van der Waals surface area contributed by atoms with Crippen LogP contribution in [-0.4, -0.2) is 16.9 Å². The van der Waals surface area contributed by atoms with Gasteiger partial charge in [-0.25, -0.2) is 9.07 Å². The van der Waals surface area contributed by atoms with E-state index in [1.54, 1.807) is 36.2 Å². The molecule has 1 heterocycles. The highest BCUT2D eigenvalue weighted by Gasteiger charge is 2.09. The number of aromatic nitrogens is 2. The monoisotopic (exact) mass is 276 g/mol. The van der Waals surface area contributed by atoms with Crippen LogP contribution >= 0.6 is 11.6 Å². The van der Waals surface area contributed by atoms with Gasteiger partial charge in [0.05, 0.1) is 29.5 Å². The fraction of sp³-hybridized carbons (Fsp3) is 0.0714. The van der Waals surface area contributed by atoms with Crippen LogP contribution in [0.5, 0.6) is 5.75 Å². The Labute approximate surface area is 114 Å². The summed E-state index contributed by atoms with van der Waals surface area (Å²) < 4.78 is 19.8. The summed E-state index contributed by atoms with van der Waals surface area (Å²) >= 11 is 6.12. The highest BCUT2D eigenvalue weighted by Crippen LogP contribution is 2.30.